The summed E-state index contributed by atoms with van der Waals surface area (Å²) in [7, 11) is 0. The van der Waals surface area contributed by atoms with Gasteiger partial charge in [-0.15, -0.1) is 11.3 Å². The van der Waals surface area contributed by atoms with Gasteiger partial charge in [0, 0.05) is 73.9 Å². The molecule has 4 aliphatic heterocycles. The minimum absolute atomic E-state index is 0. The molecule has 0 aromatic carbocycles. The number of thiazole rings is 1. The fourth-order valence-electron chi connectivity index (χ4n) is 5.57. The minimum atomic E-state index is -1.45. The third-order valence-electron chi connectivity index (χ3n) is 7.02. The van der Waals surface area contributed by atoms with Crippen LogP contribution in [0.5, 0.6) is 0 Å². The summed E-state index contributed by atoms with van der Waals surface area (Å²) in [6, 6.07) is 0. The third-order valence-corrected chi connectivity index (χ3v) is 7.90. The van der Waals surface area contributed by atoms with Gasteiger partial charge in [0.1, 0.15) is 0 Å². The molecular weight excluding hydrogens is 581 g/mol. The molecule has 6 nitrogen and oxygen atoms in total. The molecule has 1 saturated carbocycles. The Labute approximate surface area is 200 Å². The molecule has 8 atom stereocenters. The summed E-state index contributed by atoms with van der Waals surface area (Å²) in [6.07, 6.45) is 4.86. The Hall–Kier alpha value is 0.872. The molecule has 5 unspecified atom stereocenters. The van der Waals surface area contributed by atoms with Crippen molar-refractivity contribution >= 4 is 11.3 Å². The fraction of sp³-hybridized carbons (Fsp3) is 0.842. The molecule has 1 aliphatic carbocycles. The van der Waals surface area contributed by atoms with Crippen LogP contribution in [0.4, 0.5) is 0 Å². The van der Waals surface area contributed by atoms with Crippen LogP contribution in [0.15, 0.2) is 11.6 Å². The normalized spacial score (nSPS) is 50.7. The van der Waals surface area contributed by atoms with Crippen LogP contribution in [-0.4, -0.2) is 27.8 Å². The number of nitrogens with zero attached hydrogens (tertiary/aromatic N) is 1. The molecule has 0 amide bonds. The van der Waals surface area contributed by atoms with Gasteiger partial charge in [0.15, 0.2) is 16.9 Å². The quantitative estimate of drug-likeness (QED) is 0.489. The second-order valence-corrected chi connectivity index (χ2v) is 9.24. The van der Waals surface area contributed by atoms with E-state index in [4.69, 9.17) is 19.2 Å². The largest absolute Gasteiger partial charge is 0.360 e. The molecule has 149 valence electrons. The Morgan fingerprint density at radius 1 is 1.15 bits per heavy atom. The first kappa shape index (κ1) is 22.6. The number of aliphatic hydroxyl groups is 1. The van der Waals surface area contributed by atoms with Crippen LogP contribution in [0, 0.1) is 67.7 Å². The van der Waals surface area contributed by atoms with E-state index in [1.165, 1.54) is 11.3 Å². The number of hydrogen-bond donors (Lipinski definition) is 1. The second kappa shape index (κ2) is 7.53. The van der Waals surface area contributed by atoms with Gasteiger partial charge in [-0.05, 0) is 38.0 Å². The van der Waals surface area contributed by atoms with E-state index >= 15 is 0 Å². The third kappa shape index (κ3) is 3.05. The number of ether oxygens (including phenoxy) is 2. The topological polar surface area (TPSA) is 70.0 Å². The van der Waals surface area contributed by atoms with Gasteiger partial charge in [-0.1, -0.05) is 21.3 Å². The molecule has 1 aromatic rings. The Kier molecular flexibility index (Phi) is 6.29. The number of hydrogen-bond acceptors (Lipinski definition) is 7. The van der Waals surface area contributed by atoms with E-state index in [0.29, 0.717) is 16.8 Å². The van der Waals surface area contributed by atoms with Crippen molar-refractivity contribution in [2.45, 2.75) is 77.3 Å². The molecule has 5 fully saturated rings. The van der Waals surface area contributed by atoms with E-state index in [2.05, 4.69) is 11.9 Å². The van der Waals surface area contributed by atoms with Crippen LogP contribution in [0.25, 0.3) is 0 Å². The molecule has 1 radical (unpaired) electrons. The summed E-state index contributed by atoms with van der Waals surface area (Å²) in [4.78, 5) is 16.2. The molecule has 8 heteroatoms. The summed E-state index contributed by atoms with van der Waals surface area (Å²) in [5.74, 6) is -1.56. The average molecular weight is 611 g/mol. The van der Waals surface area contributed by atoms with Gasteiger partial charge in [0.2, 0.25) is 11.6 Å². The first-order chi connectivity index (χ1) is 11.9. The maximum absolute atomic E-state index is 11.5. The van der Waals surface area contributed by atoms with Gasteiger partial charge in [-0.3, -0.25) is 0 Å². The van der Waals surface area contributed by atoms with E-state index in [1.54, 1.807) is 6.20 Å². The number of aromatic nitrogens is 1. The number of rotatable bonds is 1. The Balaban J connectivity index is 0.00000105. The van der Waals surface area contributed by atoms with E-state index in [9.17, 15) is 5.11 Å². The molecule has 1 spiro atoms. The van der Waals surface area contributed by atoms with Crippen molar-refractivity contribution in [3.8, 4) is 0 Å². The molecular formula is C19H29AcNO5S. The second-order valence-electron chi connectivity index (χ2n) is 8.35. The monoisotopic (exact) mass is 610 g/mol. The SMILES string of the molecule is C.CC1C2CC[C@@H](C)C3CC[C@@]4(C)OO[C@@]23C(OC1(O)c1nccs1)O4.[Ac]. The summed E-state index contributed by atoms with van der Waals surface area (Å²) >= 11 is 1.41. The van der Waals surface area contributed by atoms with Gasteiger partial charge in [-0.25, -0.2) is 14.8 Å². The van der Waals surface area contributed by atoms with Crippen molar-refractivity contribution in [2.75, 3.05) is 0 Å². The van der Waals surface area contributed by atoms with Crippen molar-refractivity contribution in [3.63, 3.8) is 0 Å². The smallest absolute Gasteiger partial charge is 0.225 e. The molecule has 1 aromatic heterocycles. The van der Waals surface area contributed by atoms with E-state index in [-0.39, 0.29) is 63.3 Å². The maximum atomic E-state index is 11.5. The molecule has 1 N–H and O–H groups in total. The van der Waals surface area contributed by atoms with Crippen LogP contribution in [0.1, 0.15) is 58.9 Å². The zero-order chi connectivity index (χ0) is 17.4. The van der Waals surface area contributed by atoms with Crippen LogP contribution in [-0.2, 0) is 25.0 Å². The van der Waals surface area contributed by atoms with Crippen molar-refractivity contribution in [2.24, 2.45) is 23.7 Å². The molecule has 5 heterocycles. The maximum Gasteiger partial charge on any atom is 0.225 e. The zero-order valence-electron chi connectivity index (χ0n) is 15.4. The van der Waals surface area contributed by atoms with E-state index < -0.39 is 23.5 Å². The predicted octanol–water partition coefficient (Wildman–Crippen LogP) is 3.81. The molecule has 2 bridgehead atoms. The summed E-state index contributed by atoms with van der Waals surface area (Å²) in [5, 5.41) is 13.9. The predicted molar refractivity (Wildman–Crippen MR) is 95.8 cm³/mol. The first-order valence-corrected chi connectivity index (χ1v) is 10.1. The summed E-state index contributed by atoms with van der Waals surface area (Å²) in [5.41, 5.74) is -0.656. The van der Waals surface area contributed by atoms with Crippen LogP contribution in [0.3, 0.4) is 0 Å². The summed E-state index contributed by atoms with van der Waals surface area (Å²) in [6.45, 7) is 6.20. The van der Waals surface area contributed by atoms with Gasteiger partial charge < -0.3 is 14.6 Å². The number of fused-ring (bicyclic) bond motifs is 2. The van der Waals surface area contributed by atoms with E-state index in [1.807, 2.05) is 19.2 Å². The van der Waals surface area contributed by atoms with Crippen molar-refractivity contribution in [1.29, 1.82) is 0 Å². The average Bonchev–Trinajstić information content (AvgIpc) is 3.03. The van der Waals surface area contributed by atoms with Crippen molar-refractivity contribution in [1.82, 2.24) is 4.98 Å². The zero-order valence-corrected chi connectivity index (χ0v) is 20.9. The molecule has 4 saturated heterocycles. The molecule has 5 aliphatic rings. The van der Waals surface area contributed by atoms with Gasteiger partial charge in [0.25, 0.3) is 0 Å². The summed E-state index contributed by atoms with van der Waals surface area (Å²) < 4.78 is 12.5. The van der Waals surface area contributed by atoms with Crippen molar-refractivity contribution in [3.05, 3.63) is 16.6 Å². The Morgan fingerprint density at radius 3 is 2.63 bits per heavy atom. The van der Waals surface area contributed by atoms with Gasteiger partial charge in [0.05, 0.1) is 0 Å². The Bertz CT molecular complexity index is 677. The standard InChI is InChI=1S/C18H25NO5S.CH4.Ac/c1-10-4-5-13-11(2)18(20,14-19-8-9-25-14)22-15-17(13)12(10)6-7-16(3,21-15)23-24-17;;/h8-13,15,20H,4-7H2,1-3H3;1H4;/t10-,11?,12?,13?,15?,16-,17-,18?;;/m1../s1. The molecule has 6 rings (SSSR count). The van der Waals surface area contributed by atoms with E-state index in [0.717, 1.165) is 25.7 Å². The Morgan fingerprint density at radius 2 is 1.93 bits per heavy atom. The van der Waals surface area contributed by atoms with Gasteiger partial charge >= 0.3 is 0 Å². The van der Waals surface area contributed by atoms with Crippen LogP contribution >= 0.6 is 11.3 Å². The first-order valence-electron chi connectivity index (χ1n) is 9.24. The minimum Gasteiger partial charge on any atom is -0.360 e. The van der Waals surface area contributed by atoms with Gasteiger partial charge in [-0.2, -0.15) is 0 Å². The van der Waals surface area contributed by atoms with Crippen LogP contribution in [0.2, 0.25) is 0 Å². The van der Waals surface area contributed by atoms with Crippen LogP contribution < -0.4 is 0 Å². The fourth-order valence-corrected chi connectivity index (χ4v) is 6.35. The van der Waals surface area contributed by atoms with Crippen molar-refractivity contribution < 1.29 is 68.4 Å². The molecule has 27 heavy (non-hydrogen) atoms.